The van der Waals surface area contributed by atoms with E-state index in [0.717, 1.165) is 0 Å². The van der Waals surface area contributed by atoms with Gasteiger partial charge in [-0.2, -0.15) is 0 Å². The Morgan fingerprint density at radius 3 is 2.10 bits per heavy atom. The van der Waals surface area contributed by atoms with Crippen molar-refractivity contribution >= 4 is 8.80 Å². The molecular weight excluding hydrogens is 136 g/mol. The van der Waals surface area contributed by atoms with Crippen molar-refractivity contribution in [2.24, 2.45) is 5.41 Å². The van der Waals surface area contributed by atoms with Gasteiger partial charge in [0.05, 0.1) is 8.80 Å². The second kappa shape index (κ2) is 3.97. The van der Waals surface area contributed by atoms with Crippen molar-refractivity contribution in [3.05, 3.63) is 11.8 Å². The molecule has 10 heavy (non-hydrogen) atoms. The lowest BCUT2D eigenvalue weighted by atomic mass is 9.91. The van der Waals surface area contributed by atoms with Crippen LogP contribution in [0.2, 0.25) is 13.1 Å². The molecule has 0 saturated carbocycles. The number of allylic oxidation sites excluding steroid dienone is 1. The molecule has 0 aliphatic rings. The van der Waals surface area contributed by atoms with Crippen LogP contribution in [0.4, 0.5) is 0 Å². The van der Waals surface area contributed by atoms with Gasteiger partial charge < -0.3 is 0 Å². The number of rotatable bonds is 3. The maximum absolute atomic E-state index is 2.42. The van der Waals surface area contributed by atoms with Crippen molar-refractivity contribution in [1.29, 1.82) is 0 Å². The summed E-state index contributed by atoms with van der Waals surface area (Å²) in [6.45, 7) is 11.5. The van der Waals surface area contributed by atoms with Crippen molar-refractivity contribution in [2.45, 2.75) is 40.3 Å². The van der Waals surface area contributed by atoms with Gasteiger partial charge in [0.15, 0.2) is 0 Å². The minimum absolute atomic E-state index is 0.428. The Bertz CT molecular complexity index is 112. The van der Waals surface area contributed by atoms with Crippen molar-refractivity contribution in [1.82, 2.24) is 0 Å². The third-order valence-electron chi connectivity index (χ3n) is 1.84. The van der Waals surface area contributed by atoms with E-state index in [-0.39, 0.29) is 0 Å². The van der Waals surface area contributed by atoms with Gasteiger partial charge in [-0.05, 0) is 11.8 Å². The van der Waals surface area contributed by atoms with Gasteiger partial charge in [0.2, 0.25) is 0 Å². The van der Waals surface area contributed by atoms with Gasteiger partial charge in [-0.3, -0.25) is 0 Å². The van der Waals surface area contributed by atoms with E-state index in [4.69, 9.17) is 0 Å². The zero-order chi connectivity index (χ0) is 8.20. The van der Waals surface area contributed by atoms with Crippen LogP contribution in [0.15, 0.2) is 11.8 Å². The summed E-state index contributed by atoms with van der Waals surface area (Å²) < 4.78 is 0. The molecule has 0 atom stereocenters. The average molecular weight is 156 g/mol. The minimum atomic E-state index is -0.465. The van der Waals surface area contributed by atoms with Gasteiger partial charge in [-0.25, -0.2) is 0 Å². The smallest absolute Gasteiger partial charge is 0.0550 e. The van der Waals surface area contributed by atoms with Crippen LogP contribution in [0.3, 0.4) is 0 Å². The normalized spacial score (nSPS) is 13.4. The van der Waals surface area contributed by atoms with E-state index in [1.165, 1.54) is 6.42 Å². The molecular formula is C9H20Si. The molecule has 0 fully saturated rings. The molecule has 0 unspecified atom stereocenters. The Kier molecular flexibility index (Phi) is 3.95. The molecule has 0 N–H and O–H groups in total. The Hall–Kier alpha value is -0.0431. The predicted molar refractivity (Wildman–Crippen MR) is 52.1 cm³/mol. The summed E-state index contributed by atoms with van der Waals surface area (Å²) in [4.78, 5) is 0. The van der Waals surface area contributed by atoms with Crippen molar-refractivity contribution in [3.8, 4) is 0 Å². The van der Waals surface area contributed by atoms with Gasteiger partial charge in [0.1, 0.15) is 0 Å². The number of hydrogen-bond donors (Lipinski definition) is 0. The van der Waals surface area contributed by atoms with E-state index in [2.05, 4.69) is 45.6 Å². The highest BCUT2D eigenvalue weighted by Crippen LogP contribution is 2.20. The Balaban J connectivity index is 3.86. The van der Waals surface area contributed by atoms with Gasteiger partial charge in [-0.1, -0.05) is 39.9 Å². The molecule has 0 nitrogen and oxygen atoms in total. The fourth-order valence-electron chi connectivity index (χ4n) is 0.571. The van der Waals surface area contributed by atoms with Gasteiger partial charge in [0, 0.05) is 0 Å². The summed E-state index contributed by atoms with van der Waals surface area (Å²) in [6, 6.07) is 0. The molecule has 0 rings (SSSR count). The Morgan fingerprint density at radius 2 is 1.80 bits per heavy atom. The molecule has 0 saturated heterocycles. The summed E-state index contributed by atoms with van der Waals surface area (Å²) in [5.74, 6) is 0. The minimum Gasteiger partial charge on any atom is -0.102 e. The van der Waals surface area contributed by atoms with Crippen LogP contribution in [-0.2, 0) is 0 Å². The largest absolute Gasteiger partial charge is 0.102 e. The highest BCUT2D eigenvalue weighted by atomic mass is 28.3. The molecule has 0 bridgehead atoms. The van der Waals surface area contributed by atoms with Crippen LogP contribution >= 0.6 is 0 Å². The van der Waals surface area contributed by atoms with Gasteiger partial charge >= 0.3 is 0 Å². The van der Waals surface area contributed by atoms with Crippen LogP contribution < -0.4 is 0 Å². The molecule has 0 aromatic heterocycles. The molecule has 0 aromatic rings. The molecule has 1 heteroatoms. The highest BCUT2D eigenvalue weighted by molar-refractivity contribution is 6.61. The van der Waals surface area contributed by atoms with Gasteiger partial charge in [-0.15, -0.1) is 5.70 Å². The molecule has 0 aromatic carbocycles. The zero-order valence-corrected chi connectivity index (χ0v) is 9.09. The molecule has 0 radical (unpaired) electrons. The van der Waals surface area contributed by atoms with Crippen molar-refractivity contribution in [2.75, 3.05) is 0 Å². The molecule has 0 aliphatic carbocycles. The fourth-order valence-corrected chi connectivity index (χ4v) is 1.48. The van der Waals surface area contributed by atoms with E-state index in [1.54, 1.807) is 0 Å². The van der Waals surface area contributed by atoms with Crippen LogP contribution in [0.25, 0.3) is 0 Å². The van der Waals surface area contributed by atoms with E-state index in [9.17, 15) is 0 Å². The second-order valence-electron chi connectivity index (χ2n) is 3.95. The monoisotopic (exact) mass is 156 g/mol. The molecule has 0 spiro atoms. The van der Waals surface area contributed by atoms with Crippen LogP contribution in [0, 0.1) is 5.41 Å². The summed E-state index contributed by atoms with van der Waals surface area (Å²) in [5.41, 5.74) is 2.85. The van der Waals surface area contributed by atoms with Crippen LogP contribution in [0.5, 0.6) is 0 Å². The standard InChI is InChI=1S/C9H20Si/c1-6-9(2,3)7-8-10(4)5/h7-8,10H,6H2,1-5H3. The molecule has 0 heterocycles. The summed E-state index contributed by atoms with van der Waals surface area (Å²) in [6.07, 6.45) is 3.62. The lowest BCUT2D eigenvalue weighted by Crippen LogP contribution is -2.06. The first-order valence-electron chi connectivity index (χ1n) is 4.17. The topological polar surface area (TPSA) is 0 Å². The molecule has 0 amide bonds. The lowest BCUT2D eigenvalue weighted by molar-refractivity contribution is 0.462. The fraction of sp³-hybridized carbons (Fsp3) is 0.778. The van der Waals surface area contributed by atoms with Crippen molar-refractivity contribution < 1.29 is 0 Å². The highest BCUT2D eigenvalue weighted by Gasteiger charge is 2.09. The Labute approximate surface area is 66.9 Å². The molecule has 60 valence electrons. The van der Waals surface area contributed by atoms with Gasteiger partial charge in [0.25, 0.3) is 0 Å². The summed E-state index contributed by atoms with van der Waals surface area (Å²) in [5, 5.41) is 0. The van der Waals surface area contributed by atoms with E-state index >= 15 is 0 Å². The maximum atomic E-state index is 2.42. The van der Waals surface area contributed by atoms with Crippen LogP contribution in [-0.4, -0.2) is 8.80 Å². The first-order chi connectivity index (χ1) is 4.48. The summed E-state index contributed by atoms with van der Waals surface area (Å²) >= 11 is 0. The third-order valence-corrected chi connectivity index (χ3v) is 2.81. The third kappa shape index (κ3) is 4.80. The number of hydrogen-bond acceptors (Lipinski definition) is 0. The summed E-state index contributed by atoms with van der Waals surface area (Å²) in [7, 11) is -0.465. The average Bonchev–Trinajstić information content (AvgIpc) is 1.85. The van der Waals surface area contributed by atoms with E-state index < -0.39 is 8.80 Å². The van der Waals surface area contributed by atoms with Crippen LogP contribution in [0.1, 0.15) is 27.2 Å². The predicted octanol–water partition coefficient (Wildman–Crippen LogP) is 3.00. The SMILES string of the molecule is CCC(C)(C)C=C[SiH](C)C. The van der Waals surface area contributed by atoms with E-state index in [1.807, 2.05) is 0 Å². The maximum Gasteiger partial charge on any atom is 0.0550 e. The van der Waals surface area contributed by atoms with E-state index in [0.29, 0.717) is 5.41 Å². The first-order valence-corrected chi connectivity index (χ1v) is 7.15. The zero-order valence-electron chi connectivity index (χ0n) is 7.94. The van der Waals surface area contributed by atoms with Crippen molar-refractivity contribution in [3.63, 3.8) is 0 Å². The first kappa shape index (κ1) is 9.96. The second-order valence-corrected chi connectivity index (χ2v) is 6.82. The Morgan fingerprint density at radius 1 is 1.30 bits per heavy atom. The molecule has 0 aliphatic heterocycles. The lowest BCUT2D eigenvalue weighted by Gasteiger charge is -2.17. The quantitative estimate of drug-likeness (QED) is 0.551.